The Morgan fingerprint density at radius 1 is 0.552 bits per heavy atom. The number of phenols is 1. The van der Waals surface area contributed by atoms with Crippen molar-refractivity contribution in [2.75, 3.05) is 4.90 Å². The number of anilines is 2. The van der Waals surface area contributed by atoms with Gasteiger partial charge in [-0.15, -0.1) is 35.0 Å². The topological polar surface area (TPSA) is 60.2 Å². The van der Waals surface area contributed by atoms with Gasteiger partial charge in [-0.05, 0) is 104 Å². The number of aromatic nitrogens is 1. The molecule has 4 nitrogen and oxygen atoms in total. The third-order valence-electron chi connectivity index (χ3n) is 13.3. The molecule has 0 atom stereocenters. The number of rotatable bonds is 11. The second-order valence-electron chi connectivity index (χ2n) is 20.5. The van der Waals surface area contributed by atoms with Gasteiger partial charge in [0.05, 0.1) is 6.54 Å². The first-order chi connectivity index (χ1) is 31.4. The molecule has 5 heteroatoms. The van der Waals surface area contributed by atoms with Crippen molar-refractivity contribution in [3.8, 4) is 61.5 Å². The van der Waals surface area contributed by atoms with Gasteiger partial charge in [0.2, 0.25) is 0 Å². The molecule has 0 radical (unpaired) electrons. The monoisotopic (exact) mass is 1060 g/mol. The molecule has 0 amide bonds. The van der Waals surface area contributed by atoms with Crippen LogP contribution in [0, 0.1) is 13.0 Å². The molecule has 1 aromatic heterocycles. The number of aromatic hydroxyl groups is 1. The molecule has 0 aliphatic carbocycles. The number of aryl methyl sites for hydroxylation is 1. The van der Waals surface area contributed by atoms with Crippen molar-refractivity contribution in [3.63, 3.8) is 0 Å². The van der Waals surface area contributed by atoms with Crippen molar-refractivity contribution in [1.82, 2.24) is 4.98 Å². The van der Waals surface area contributed by atoms with Crippen LogP contribution in [0.25, 0.3) is 61.5 Å². The summed E-state index contributed by atoms with van der Waals surface area (Å²) in [5, 5.41) is 11.8. The maximum atomic E-state index is 11.8. The van der Waals surface area contributed by atoms with Gasteiger partial charge in [-0.2, -0.15) is 0 Å². The van der Waals surface area contributed by atoms with Crippen LogP contribution < -0.4 is 4.90 Å². The van der Waals surface area contributed by atoms with Crippen LogP contribution in [-0.2, 0) is 43.9 Å². The van der Waals surface area contributed by atoms with Crippen LogP contribution in [0.1, 0.15) is 96.6 Å². The van der Waals surface area contributed by atoms with Crippen molar-refractivity contribution in [2.45, 2.75) is 98.4 Å². The minimum absolute atomic E-state index is 0. The molecule has 7 aromatic carbocycles. The maximum Gasteiger partial charge on any atom is 2.00 e. The zero-order valence-electron chi connectivity index (χ0n) is 40.7. The van der Waals surface area contributed by atoms with E-state index in [1.165, 1.54) is 16.7 Å². The summed E-state index contributed by atoms with van der Waals surface area (Å²) in [4.78, 5) is 7.15. The largest absolute Gasteiger partial charge is 2.00 e. The van der Waals surface area contributed by atoms with E-state index in [9.17, 15) is 10.8 Å². The molecule has 8 rings (SSSR count). The molecule has 8 aromatic rings. The Kier molecular flexibility index (Phi) is 14.2. The van der Waals surface area contributed by atoms with Crippen LogP contribution in [0.5, 0.6) is 5.75 Å². The fraction of sp³-hybridized carbons (Fsp3) is 0.242. The summed E-state index contributed by atoms with van der Waals surface area (Å²) in [5.41, 5.74) is 27.1. The van der Waals surface area contributed by atoms with Crippen LogP contribution in [0.15, 0.2) is 164 Å². The number of hydrogen-bond acceptors (Lipinski definition) is 3. The molecule has 0 saturated heterocycles. The Hall–Kier alpha value is -6.22. The zero-order chi connectivity index (χ0) is 47.0. The quantitative estimate of drug-likeness (QED) is 0.131. The van der Waals surface area contributed by atoms with E-state index in [1.807, 2.05) is 31.3 Å². The van der Waals surface area contributed by atoms with Crippen molar-refractivity contribution in [3.05, 3.63) is 204 Å². The number of hydrogen-bond donors (Lipinski definition) is 1. The standard InChI is InChI=1S/C62H63N3O.Pt/c1-11-62(9,10)50-29-30-56(54(39-50)45-21-16-13-17-22-45)65(40-49-37-51(60(3,4)5)33-41(2)59(49)66)57-24-18-23-53(58(57)63)47-34-48(36-52(35-47)61(6,7)8)55-38-46(31-32-64-55)44-27-25-43(26-28-44)42-19-14-12-15-20-42;/h12-33,35-39,63,66H,11,40H2,1-10H3;/q-2;+2. The predicted molar refractivity (Wildman–Crippen MR) is 280 cm³/mol. The van der Waals surface area contributed by atoms with Crippen molar-refractivity contribution in [1.29, 1.82) is 0 Å². The molecular weight excluding hydrogens is 998 g/mol. The summed E-state index contributed by atoms with van der Waals surface area (Å²) in [6.07, 6.45) is 2.87. The summed E-state index contributed by atoms with van der Waals surface area (Å²) >= 11 is 0. The van der Waals surface area contributed by atoms with Crippen LogP contribution >= 0.6 is 0 Å². The van der Waals surface area contributed by atoms with E-state index in [0.29, 0.717) is 12.2 Å². The second kappa shape index (κ2) is 19.6. The van der Waals surface area contributed by atoms with Gasteiger partial charge < -0.3 is 15.7 Å². The third kappa shape index (κ3) is 10.5. The summed E-state index contributed by atoms with van der Waals surface area (Å²) in [5.74, 6) is 0.276. The smallest absolute Gasteiger partial charge is 0.703 e. The minimum Gasteiger partial charge on any atom is -0.703 e. The average molecular weight is 1060 g/mol. The molecule has 0 saturated carbocycles. The molecule has 0 fully saturated rings. The molecule has 1 heterocycles. The summed E-state index contributed by atoms with van der Waals surface area (Å²) in [6, 6.07) is 59.2. The van der Waals surface area contributed by atoms with Gasteiger partial charge in [0.25, 0.3) is 0 Å². The van der Waals surface area contributed by atoms with Crippen molar-refractivity contribution >= 4 is 17.1 Å². The first-order valence-corrected chi connectivity index (χ1v) is 23.3. The Morgan fingerprint density at radius 3 is 1.76 bits per heavy atom. The van der Waals surface area contributed by atoms with Gasteiger partial charge in [-0.3, -0.25) is 4.98 Å². The third-order valence-corrected chi connectivity index (χ3v) is 13.3. The van der Waals surface area contributed by atoms with E-state index in [-0.39, 0.29) is 43.1 Å². The molecule has 0 unspecified atom stereocenters. The fourth-order valence-corrected chi connectivity index (χ4v) is 8.64. The van der Waals surface area contributed by atoms with Crippen molar-refractivity contribution < 1.29 is 26.2 Å². The van der Waals surface area contributed by atoms with Crippen LogP contribution in [0.3, 0.4) is 0 Å². The number of benzene rings is 7. The molecule has 0 aliphatic heterocycles. The van der Waals surface area contributed by atoms with Crippen LogP contribution in [0.4, 0.5) is 17.1 Å². The van der Waals surface area contributed by atoms with Gasteiger partial charge >= 0.3 is 21.1 Å². The molecular formula is C62H63N3OPt. The number of phenolic OH excluding ortho intramolecular Hbond substituents is 1. The average Bonchev–Trinajstić information content (AvgIpc) is 3.32. The Morgan fingerprint density at radius 2 is 1.13 bits per heavy atom. The molecule has 0 aliphatic rings. The SMILES string of the molecule is CCC(C)(C)c1ccc(N(Cc2cc(C(C)(C)C)cc(C)c2O)c2cccc(-c3[c-]c(-c4cc(-c5ccc(-c6ccccc6)cc5)ccn4)cc(C(C)(C)C)c3)c2[NH-])c(-c2ccccc2)c1.[Pt+2]. The van der Waals surface area contributed by atoms with E-state index < -0.39 is 0 Å². The molecule has 67 heavy (non-hydrogen) atoms. The van der Waals surface area contributed by atoms with Gasteiger partial charge in [0.15, 0.2) is 0 Å². The number of pyridine rings is 1. The maximum absolute atomic E-state index is 11.8. The Balaban J connectivity index is 0.00000666. The van der Waals surface area contributed by atoms with E-state index in [2.05, 4.69) is 213 Å². The first kappa shape index (κ1) is 48.7. The summed E-state index contributed by atoms with van der Waals surface area (Å²) in [6.45, 7) is 22.5. The second-order valence-corrected chi connectivity index (χ2v) is 20.5. The summed E-state index contributed by atoms with van der Waals surface area (Å²) < 4.78 is 0. The molecule has 0 spiro atoms. The summed E-state index contributed by atoms with van der Waals surface area (Å²) in [7, 11) is 0. The normalized spacial score (nSPS) is 11.9. The van der Waals surface area contributed by atoms with Gasteiger partial charge in [0, 0.05) is 34.4 Å². The van der Waals surface area contributed by atoms with Gasteiger partial charge in [-0.1, -0.05) is 189 Å². The minimum atomic E-state index is -0.193. The molecule has 2 N–H and O–H groups in total. The molecule has 0 bridgehead atoms. The zero-order valence-corrected chi connectivity index (χ0v) is 42.9. The van der Waals surface area contributed by atoms with Gasteiger partial charge in [0.1, 0.15) is 5.75 Å². The predicted octanol–water partition coefficient (Wildman–Crippen LogP) is 17.5. The number of nitrogens with zero attached hydrogens (tertiary/aromatic N) is 2. The Bertz CT molecular complexity index is 3000. The van der Waals surface area contributed by atoms with E-state index in [1.54, 1.807) is 0 Å². The van der Waals surface area contributed by atoms with E-state index >= 15 is 0 Å². The number of nitrogens with one attached hydrogen (secondary N) is 1. The molecule has 342 valence electrons. The van der Waals surface area contributed by atoms with Crippen LogP contribution in [-0.4, -0.2) is 10.1 Å². The van der Waals surface area contributed by atoms with Crippen molar-refractivity contribution in [2.24, 2.45) is 0 Å². The first-order valence-electron chi connectivity index (χ1n) is 23.3. The van der Waals surface area contributed by atoms with Crippen LogP contribution in [0.2, 0.25) is 0 Å². The van der Waals surface area contributed by atoms with Gasteiger partial charge in [-0.25, -0.2) is 0 Å². The Labute approximate surface area is 414 Å². The van der Waals surface area contributed by atoms with E-state index in [4.69, 9.17) is 4.98 Å². The fourth-order valence-electron chi connectivity index (χ4n) is 8.64. The van der Waals surface area contributed by atoms with E-state index in [0.717, 1.165) is 84.7 Å².